The number of allylic oxidation sites excluding steroid dienone is 2. The number of benzene rings is 1. The van der Waals surface area contributed by atoms with E-state index in [9.17, 15) is 14.4 Å². The molecule has 0 radical (unpaired) electrons. The molecule has 1 aromatic carbocycles. The molecule has 2 heterocycles. The van der Waals surface area contributed by atoms with Crippen molar-refractivity contribution in [2.24, 2.45) is 11.8 Å². The Bertz CT molecular complexity index is 1020. The molecule has 2 unspecified atom stereocenters. The van der Waals surface area contributed by atoms with Crippen molar-refractivity contribution in [1.82, 2.24) is 15.3 Å². The first-order chi connectivity index (χ1) is 15.0. The number of nitrogens with one attached hydrogen (secondary N) is 1. The molecule has 7 heteroatoms. The number of amides is 3. The van der Waals surface area contributed by atoms with Crippen LogP contribution in [0.5, 0.6) is 0 Å². The SMILES string of the molecule is CC(C)N(Cc1cccnc1)C(=O)c1cccc(N2NC(=O)C3CC=CCC3C2=O)c1. The van der Waals surface area contributed by atoms with Gasteiger partial charge in [-0.3, -0.25) is 24.8 Å². The summed E-state index contributed by atoms with van der Waals surface area (Å²) >= 11 is 0. The molecule has 2 aliphatic rings. The Hall–Kier alpha value is -3.48. The van der Waals surface area contributed by atoms with Gasteiger partial charge in [-0.1, -0.05) is 24.3 Å². The second kappa shape index (κ2) is 8.71. The quantitative estimate of drug-likeness (QED) is 0.757. The molecule has 3 amide bonds. The Morgan fingerprint density at radius 1 is 1.16 bits per heavy atom. The van der Waals surface area contributed by atoms with Gasteiger partial charge in [0.1, 0.15) is 0 Å². The van der Waals surface area contributed by atoms with E-state index in [0.717, 1.165) is 5.56 Å². The Morgan fingerprint density at radius 3 is 2.65 bits per heavy atom. The average Bonchev–Trinajstić information content (AvgIpc) is 2.80. The molecule has 0 saturated carbocycles. The second-order valence-corrected chi connectivity index (χ2v) is 8.24. The molecule has 1 aliphatic carbocycles. The summed E-state index contributed by atoms with van der Waals surface area (Å²) in [7, 11) is 0. The first-order valence-electron chi connectivity index (χ1n) is 10.5. The lowest BCUT2D eigenvalue weighted by Gasteiger charge is -2.38. The van der Waals surface area contributed by atoms with E-state index in [0.29, 0.717) is 30.6 Å². The smallest absolute Gasteiger partial charge is 0.254 e. The molecule has 0 bridgehead atoms. The fourth-order valence-electron chi connectivity index (χ4n) is 4.10. The molecule has 0 spiro atoms. The highest BCUT2D eigenvalue weighted by Crippen LogP contribution is 2.32. The van der Waals surface area contributed by atoms with Crippen molar-refractivity contribution in [3.63, 3.8) is 0 Å². The van der Waals surface area contributed by atoms with Crippen LogP contribution in [0.15, 0.2) is 60.9 Å². The van der Waals surface area contributed by atoms with E-state index in [1.807, 2.05) is 38.1 Å². The fourth-order valence-corrected chi connectivity index (χ4v) is 4.10. The van der Waals surface area contributed by atoms with E-state index in [2.05, 4.69) is 10.4 Å². The lowest BCUT2D eigenvalue weighted by Crippen LogP contribution is -2.59. The van der Waals surface area contributed by atoms with Crippen LogP contribution in [0.4, 0.5) is 5.69 Å². The van der Waals surface area contributed by atoms with Gasteiger partial charge in [-0.25, -0.2) is 5.01 Å². The second-order valence-electron chi connectivity index (χ2n) is 8.24. The summed E-state index contributed by atoms with van der Waals surface area (Å²) in [5.41, 5.74) is 4.61. The predicted molar refractivity (Wildman–Crippen MR) is 117 cm³/mol. The lowest BCUT2D eigenvalue weighted by atomic mass is 9.80. The van der Waals surface area contributed by atoms with E-state index >= 15 is 0 Å². The van der Waals surface area contributed by atoms with Gasteiger partial charge < -0.3 is 4.90 Å². The van der Waals surface area contributed by atoms with Crippen LogP contribution in [-0.4, -0.2) is 33.6 Å². The predicted octanol–water partition coefficient (Wildman–Crippen LogP) is 3.09. The fraction of sp³-hybridized carbons (Fsp3) is 0.333. The molecular formula is C24H26N4O3. The van der Waals surface area contributed by atoms with Gasteiger partial charge in [0, 0.05) is 30.5 Å². The van der Waals surface area contributed by atoms with Crippen LogP contribution >= 0.6 is 0 Å². The molecule has 7 nitrogen and oxygen atoms in total. The van der Waals surface area contributed by atoms with Gasteiger partial charge in [0.15, 0.2) is 0 Å². The van der Waals surface area contributed by atoms with Crippen LogP contribution < -0.4 is 10.4 Å². The number of rotatable bonds is 5. The number of carbonyl (C=O) groups is 3. The third kappa shape index (κ3) is 4.21. The molecule has 4 rings (SSSR count). The largest absolute Gasteiger partial charge is 0.332 e. The number of hydrogen-bond donors (Lipinski definition) is 1. The number of nitrogens with zero attached hydrogens (tertiary/aromatic N) is 3. The molecule has 1 aromatic heterocycles. The zero-order chi connectivity index (χ0) is 22.0. The topological polar surface area (TPSA) is 82.6 Å². The Labute approximate surface area is 181 Å². The molecule has 1 fully saturated rings. The zero-order valence-electron chi connectivity index (χ0n) is 17.7. The molecule has 160 valence electrons. The number of hydrogen-bond acceptors (Lipinski definition) is 4. The molecule has 1 aliphatic heterocycles. The average molecular weight is 418 g/mol. The standard InChI is InChI=1S/C24H26N4O3/c1-16(2)27(15-17-7-6-12-25-14-17)23(30)18-8-5-9-19(13-18)28-24(31)21-11-4-3-10-20(21)22(29)26-28/h3-9,12-14,16,20-21H,10-11,15H2,1-2H3,(H,26,29). The minimum Gasteiger partial charge on any atom is -0.332 e. The highest BCUT2D eigenvalue weighted by Gasteiger charge is 2.42. The molecule has 31 heavy (non-hydrogen) atoms. The van der Waals surface area contributed by atoms with Crippen molar-refractivity contribution < 1.29 is 14.4 Å². The third-order valence-electron chi connectivity index (χ3n) is 5.84. The van der Waals surface area contributed by atoms with Gasteiger partial charge in [-0.2, -0.15) is 0 Å². The van der Waals surface area contributed by atoms with E-state index < -0.39 is 0 Å². The van der Waals surface area contributed by atoms with Crippen LogP contribution in [0, 0.1) is 11.8 Å². The Kier molecular flexibility index (Phi) is 5.84. The number of fused-ring (bicyclic) bond motifs is 1. The van der Waals surface area contributed by atoms with Crippen molar-refractivity contribution in [3.05, 3.63) is 72.1 Å². The maximum absolute atomic E-state index is 13.3. The third-order valence-corrected chi connectivity index (χ3v) is 5.84. The zero-order valence-corrected chi connectivity index (χ0v) is 17.7. The minimum absolute atomic E-state index is 0.0255. The molecule has 2 atom stereocenters. The van der Waals surface area contributed by atoms with E-state index in [-0.39, 0.29) is 35.6 Å². The summed E-state index contributed by atoms with van der Waals surface area (Å²) in [6.45, 7) is 4.36. The van der Waals surface area contributed by atoms with Gasteiger partial charge in [0.25, 0.3) is 5.91 Å². The number of pyridine rings is 1. The van der Waals surface area contributed by atoms with Crippen molar-refractivity contribution in [3.8, 4) is 0 Å². The van der Waals surface area contributed by atoms with Crippen molar-refractivity contribution >= 4 is 23.4 Å². The van der Waals surface area contributed by atoms with Gasteiger partial charge in [0.05, 0.1) is 17.5 Å². The van der Waals surface area contributed by atoms with Crippen LogP contribution in [0.2, 0.25) is 0 Å². The minimum atomic E-state index is -0.365. The Morgan fingerprint density at radius 2 is 1.94 bits per heavy atom. The number of aromatic nitrogens is 1. The van der Waals surface area contributed by atoms with E-state index in [1.54, 1.807) is 41.6 Å². The normalized spacial score (nSPS) is 20.4. The highest BCUT2D eigenvalue weighted by molar-refractivity contribution is 6.05. The van der Waals surface area contributed by atoms with Crippen LogP contribution in [0.1, 0.15) is 42.6 Å². The first kappa shape index (κ1) is 20.8. The first-order valence-corrected chi connectivity index (χ1v) is 10.5. The van der Waals surface area contributed by atoms with Gasteiger partial charge in [-0.15, -0.1) is 0 Å². The summed E-state index contributed by atoms with van der Waals surface area (Å²) < 4.78 is 0. The van der Waals surface area contributed by atoms with E-state index in [1.165, 1.54) is 5.01 Å². The monoisotopic (exact) mass is 418 g/mol. The summed E-state index contributed by atoms with van der Waals surface area (Å²) in [5.74, 6) is -1.14. The van der Waals surface area contributed by atoms with Crippen LogP contribution in [-0.2, 0) is 16.1 Å². The molecule has 1 N–H and O–H groups in total. The van der Waals surface area contributed by atoms with Gasteiger partial charge >= 0.3 is 0 Å². The van der Waals surface area contributed by atoms with Crippen LogP contribution in [0.3, 0.4) is 0 Å². The number of hydrazine groups is 1. The number of anilines is 1. The summed E-state index contributed by atoms with van der Waals surface area (Å²) in [4.78, 5) is 44.8. The Balaban J connectivity index is 1.58. The summed E-state index contributed by atoms with van der Waals surface area (Å²) in [6, 6.07) is 10.6. The molecule has 1 saturated heterocycles. The van der Waals surface area contributed by atoms with Crippen molar-refractivity contribution in [2.75, 3.05) is 5.01 Å². The maximum Gasteiger partial charge on any atom is 0.254 e. The molecule has 2 aromatic rings. The van der Waals surface area contributed by atoms with Crippen LogP contribution in [0.25, 0.3) is 0 Å². The van der Waals surface area contributed by atoms with E-state index in [4.69, 9.17) is 0 Å². The maximum atomic E-state index is 13.3. The van der Waals surface area contributed by atoms with Crippen molar-refractivity contribution in [1.29, 1.82) is 0 Å². The number of carbonyl (C=O) groups excluding carboxylic acids is 3. The van der Waals surface area contributed by atoms with Gasteiger partial charge in [-0.05, 0) is 56.5 Å². The van der Waals surface area contributed by atoms with Gasteiger partial charge in [0.2, 0.25) is 11.8 Å². The highest BCUT2D eigenvalue weighted by atomic mass is 16.2. The van der Waals surface area contributed by atoms with Crippen molar-refractivity contribution in [2.45, 2.75) is 39.3 Å². The lowest BCUT2D eigenvalue weighted by molar-refractivity contribution is -0.139. The summed E-state index contributed by atoms with van der Waals surface area (Å²) in [5, 5.41) is 1.29. The molecular weight excluding hydrogens is 392 g/mol. The summed E-state index contributed by atoms with van der Waals surface area (Å²) in [6.07, 6.45) is 8.48.